The summed E-state index contributed by atoms with van der Waals surface area (Å²) in [5.41, 5.74) is 0.152. The number of likely N-dealkylation sites (tertiary alicyclic amines) is 1. The van der Waals surface area contributed by atoms with Gasteiger partial charge in [-0.25, -0.2) is 9.67 Å². The van der Waals surface area contributed by atoms with Crippen LogP contribution in [-0.4, -0.2) is 56.2 Å². The molecule has 4 aromatic rings. The molecule has 0 aliphatic carbocycles. The number of benzene rings is 1. The molecular weight excluding hydrogens is 513 g/mol. The highest BCUT2D eigenvalue weighted by Crippen LogP contribution is 2.33. The first-order chi connectivity index (χ1) is 18.8. The molecule has 200 valence electrons. The Morgan fingerprint density at radius 3 is 2.64 bits per heavy atom. The van der Waals surface area contributed by atoms with E-state index < -0.39 is 17.8 Å². The topological polar surface area (TPSA) is 102 Å². The molecule has 0 atom stereocenters. The van der Waals surface area contributed by atoms with Gasteiger partial charge in [0.05, 0.1) is 24.1 Å². The number of ether oxygens (including phenoxy) is 1. The van der Waals surface area contributed by atoms with Crippen LogP contribution in [0.1, 0.15) is 28.9 Å². The van der Waals surface area contributed by atoms with E-state index >= 15 is 0 Å². The Hall–Kier alpha value is -4.74. The zero-order chi connectivity index (χ0) is 27.4. The maximum absolute atomic E-state index is 13.7. The first-order valence-electron chi connectivity index (χ1n) is 12.1. The average molecular weight is 537 g/mol. The minimum absolute atomic E-state index is 0.0673. The van der Waals surface area contributed by atoms with E-state index in [1.165, 1.54) is 30.7 Å². The Labute approximate surface area is 221 Å². The van der Waals surface area contributed by atoms with Crippen molar-refractivity contribution in [2.45, 2.75) is 19.0 Å². The van der Waals surface area contributed by atoms with Gasteiger partial charge in [-0.1, -0.05) is 6.07 Å². The van der Waals surface area contributed by atoms with E-state index in [0.717, 1.165) is 19.0 Å². The molecule has 39 heavy (non-hydrogen) atoms. The number of alkyl halides is 3. The van der Waals surface area contributed by atoms with Crippen molar-refractivity contribution in [1.29, 1.82) is 0 Å². The Bertz CT molecular complexity index is 1470. The molecule has 1 saturated heterocycles. The van der Waals surface area contributed by atoms with Crippen LogP contribution in [0, 0.1) is 0 Å². The predicted molar refractivity (Wildman–Crippen MR) is 135 cm³/mol. The molecular formula is C27H23F3N6O3. The standard InChI is InChI=1S/C27H23F3N6O3/c28-27(29,30)23-15-22(19-5-2-10-31-16-19)34-36(23)24-9-8-20(17-32-24)33-26(38)18-4-1-6-21(14-18)39-13-12-35-11-3-7-25(35)37/h1-2,4-6,8-10,14-17H,3,7,11-13H2,(H,33,38). The Balaban J connectivity index is 1.26. The molecule has 0 bridgehead atoms. The smallest absolute Gasteiger partial charge is 0.433 e. The van der Waals surface area contributed by atoms with Gasteiger partial charge in [0.1, 0.15) is 12.4 Å². The number of carbonyl (C=O) groups excluding carboxylic acids is 2. The van der Waals surface area contributed by atoms with E-state index in [1.54, 1.807) is 41.3 Å². The van der Waals surface area contributed by atoms with Crippen molar-refractivity contribution >= 4 is 17.5 Å². The normalized spacial score (nSPS) is 13.5. The lowest BCUT2D eigenvalue weighted by molar-refractivity contribution is -0.142. The molecule has 1 N–H and O–H groups in total. The summed E-state index contributed by atoms with van der Waals surface area (Å²) >= 11 is 0. The van der Waals surface area contributed by atoms with E-state index in [9.17, 15) is 22.8 Å². The van der Waals surface area contributed by atoms with Gasteiger partial charge in [-0.05, 0) is 55.0 Å². The van der Waals surface area contributed by atoms with Crippen LogP contribution >= 0.6 is 0 Å². The molecule has 1 aliphatic rings. The number of pyridine rings is 2. The number of anilines is 1. The average Bonchev–Trinajstić information content (AvgIpc) is 3.57. The lowest BCUT2D eigenvalue weighted by atomic mass is 10.2. The summed E-state index contributed by atoms with van der Waals surface area (Å²) in [6.45, 7) is 1.50. The number of amides is 2. The largest absolute Gasteiger partial charge is 0.492 e. The summed E-state index contributed by atoms with van der Waals surface area (Å²) in [7, 11) is 0. The minimum atomic E-state index is -4.67. The second-order valence-corrected chi connectivity index (χ2v) is 8.79. The van der Waals surface area contributed by atoms with E-state index in [1.807, 2.05) is 0 Å². The van der Waals surface area contributed by atoms with Crippen LogP contribution in [0.25, 0.3) is 17.1 Å². The van der Waals surface area contributed by atoms with Crippen LogP contribution in [-0.2, 0) is 11.0 Å². The van der Waals surface area contributed by atoms with Crippen LogP contribution in [0.15, 0.2) is 73.2 Å². The maximum Gasteiger partial charge on any atom is 0.433 e. The lowest BCUT2D eigenvalue weighted by Gasteiger charge is -2.16. The summed E-state index contributed by atoms with van der Waals surface area (Å²) < 4.78 is 47.6. The fourth-order valence-corrected chi connectivity index (χ4v) is 4.14. The number of hydrogen-bond acceptors (Lipinski definition) is 6. The van der Waals surface area contributed by atoms with Gasteiger partial charge in [0.25, 0.3) is 5.91 Å². The van der Waals surface area contributed by atoms with Crippen molar-refractivity contribution in [1.82, 2.24) is 24.6 Å². The predicted octanol–water partition coefficient (Wildman–Crippen LogP) is 4.60. The molecule has 0 spiro atoms. The zero-order valence-corrected chi connectivity index (χ0v) is 20.6. The molecule has 1 fully saturated rings. The van der Waals surface area contributed by atoms with Gasteiger partial charge < -0.3 is 15.0 Å². The quantitative estimate of drug-likeness (QED) is 0.353. The van der Waals surface area contributed by atoms with Gasteiger partial charge >= 0.3 is 6.18 Å². The Kier molecular flexibility index (Phi) is 7.26. The van der Waals surface area contributed by atoms with E-state index in [4.69, 9.17) is 4.74 Å². The van der Waals surface area contributed by atoms with E-state index in [0.29, 0.717) is 41.1 Å². The van der Waals surface area contributed by atoms with Gasteiger partial charge in [0.15, 0.2) is 11.5 Å². The summed E-state index contributed by atoms with van der Waals surface area (Å²) in [4.78, 5) is 34.3. The Morgan fingerprint density at radius 2 is 1.95 bits per heavy atom. The molecule has 9 nitrogen and oxygen atoms in total. The van der Waals surface area contributed by atoms with Crippen LogP contribution in [0.3, 0.4) is 0 Å². The molecule has 1 aliphatic heterocycles. The van der Waals surface area contributed by atoms with Crippen LogP contribution in [0.4, 0.5) is 18.9 Å². The number of aromatic nitrogens is 4. The minimum Gasteiger partial charge on any atom is -0.492 e. The van der Waals surface area contributed by atoms with E-state index in [-0.39, 0.29) is 23.1 Å². The van der Waals surface area contributed by atoms with Gasteiger partial charge in [0, 0.05) is 36.5 Å². The van der Waals surface area contributed by atoms with Crippen LogP contribution in [0.5, 0.6) is 5.75 Å². The number of nitrogens with zero attached hydrogens (tertiary/aromatic N) is 5. The van der Waals surface area contributed by atoms with Crippen molar-refractivity contribution in [3.8, 4) is 22.8 Å². The molecule has 0 radical (unpaired) electrons. The highest BCUT2D eigenvalue weighted by Gasteiger charge is 2.37. The molecule has 0 unspecified atom stereocenters. The van der Waals surface area contributed by atoms with Crippen molar-refractivity contribution in [3.63, 3.8) is 0 Å². The monoisotopic (exact) mass is 536 g/mol. The fourth-order valence-electron chi connectivity index (χ4n) is 4.14. The van der Waals surface area contributed by atoms with Crippen LogP contribution in [0.2, 0.25) is 0 Å². The number of nitrogens with one attached hydrogen (secondary N) is 1. The first-order valence-corrected chi connectivity index (χ1v) is 12.1. The SMILES string of the molecule is O=C(Nc1ccc(-n2nc(-c3cccnc3)cc2C(F)(F)F)nc1)c1cccc(OCCN2CCCC2=O)c1. The number of halogens is 3. The molecule has 2 amide bonds. The Morgan fingerprint density at radius 1 is 1.08 bits per heavy atom. The van der Waals surface area contributed by atoms with Crippen molar-refractivity contribution in [3.05, 3.63) is 84.4 Å². The molecule has 3 aromatic heterocycles. The third kappa shape index (κ3) is 6.06. The van der Waals surface area contributed by atoms with Gasteiger partial charge in [-0.15, -0.1) is 0 Å². The number of rotatable bonds is 8. The zero-order valence-electron chi connectivity index (χ0n) is 20.6. The fraction of sp³-hybridized carbons (Fsp3) is 0.222. The second kappa shape index (κ2) is 10.9. The highest BCUT2D eigenvalue weighted by atomic mass is 19.4. The first kappa shape index (κ1) is 25.9. The van der Waals surface area contributed by atoms with Gasteiger partial charge in [-0.2, -0.15) is 18.3 Å². The third-order valence-electron chi connectivity index (χ3n) is 6.08. The molecule has 5 rings (SSSR count). The highest BCUT2D eigenvalue weighted by molar-refractivity contribution is 6.04. The van der Waals surface area contributed by atoms with Crippen molar-refractivity contribution in [2.24, 2.45) is 0 Å². The molecule has 1 aromatic carbocycles. The molecule has 12 heteroatoms. The van der Waals surface area contributed by atoms with Crippen LogP contribution < -0.4 is 10.1 Å². The summed E-state index contributed by atoms with van der Waals surface area (Å²) in [5, 5.41) is 6.77. The second-order valence-electron chi connectivity index (χ2n) is 8.79. The summed E-state index contributed by atoms with van der Waals surface area (Å²) in [6, 6.07) is 13.5. The van der Waals surface area contributed by atoms with Gasteiger partial charge in [-0.3, -0.25) is 14.6 Å². The third-order valence-corrected chi connectivity index (χ3v) is 6.08. The lowest BCUT2D eigenvalue weighted by Crippen LogP contribution is -2.29. The van der Waals surface area contributed by atoms with Gasteiger partial charge in [0.2, 0.25) is 5.91 Å². The maximum atomic E-state index is 13.7. The number of hydrogen-bond donors (Lipinski definition) is 1. The van der Waals surface area contributed by atoms with E-state index in [2.05, 4.69) is 20.4 Å². The number of carbonyl (C=O) groups is 2. The molecule has 4 heterocycles. The van der Waals surface area contributed by atoms with Crippen molar-refractivity contribution in [2.75, 3.05) is 25.0 Å². The molecule has 0 saturated carbocycles. The summed E-state index contributed by atoms with van der Waals surface area (Å²) in [6.07, 6.45) is 0.937. The summed E-state index contributed by atoms with van der Waals surface area (Å²) in [5.74, 6) is 0.0778. The van der Waals surface area contributed by atoms with Crippen molar-refractivity contribution < 1.29 is 27.5 Å².